The molecule has 2 aliphatic heterocycles. The van der Waals surface area contributed by atoms with E-state index in [0.29, 0.717) is 23.6 Å². The standard InChI is InChI=1S/C12H24N2O2S/c1-10-5-3-6-11(2)14(10)13-12-7-4-8-17(15,16)9-12/h10-13H,3-9H2,1-2H3. The minimum Gasteiger partial charge on any atom is -0.251 e. The molecule has 100 valence electrons. The summed E-state index contributed by atoms with van der Waals surface area (Å²) in [5, 5.41) is 2.29. The van der Waals surface area contributed by atoms with Crippen molar-refractivity contribution < 1.29 is 8.42 Å². The van der Waals surface area contributed by atoms with E-state index < -0.39 is 9.84 Å². The smallest absolute Gasteiger partial charge is 0.151 e. The van der Waals surface area contributed by atoms with E-state index in [1.54, 1.807) is 0 Å². The highest BCUT2D eigenvalue weighted by Crippen LogP contribution is 2.22. The van der Waals surface area contributed by atoms with Gasteiger partial charge in [0.05, 0.1) is 11.5 Å². The predicted molar refractivity (Wildman–Crippen MR) is 69.4 cm³/mol. The maximum atomic E-state index is 11.6. The van der Waals surface area contributed by atoms with Gasteiger partial charge in [0.25, 0.3) is 0 Å². The molecule has 3 atom stereocenters. The van der Waals surface area contributed by atoms with Gasteiger partial charge in [0, 0.05) is 18.1 Å². The Balaban J connectivity index is 1.95. The summed E-state index contributed by atoms with van der Waals surface area (Å²) in [6, 6.07) is 1.16. The molecule has 1 N–H and O–H groups in total. The molecule has 4 nitrogen and oxygen atoms in total. The lowest BCUT2D eigenvalue weighted by Crippen LogP contribution is -2.57. The average Bonchev–Trinajstić information content (AvgIpc) is 2.22. The Kier molecular flexibility index (Phi) is 4.10. The van der Waals surface area contributed by atoms with Crippen LogP contribution in [0.3, 0.4) is 0 Å². The minimum atomic E-state index is -2.81. The summed E-state index contributed by atoms with van der Waals surface area (Å²) < 4.78 is 23.2. The number of hydrazine groups is 1. The first-order chi connectivity index (χ1) is 7.98. The van der Waals surface area contributed by atoms with Gasteiger partial charge in [-0.15, -0.1) is 0 Å². The zero-order valence-corrected chi connectivity index (χ0v) is 11.7. The van der Waals surface area contributed by atoms with Crippen LogP contribution in [-0.4, -0.2) is 43.1 Å². The number of nitrogens with zero attached hydrogens (tertiary/aromatic N) is 1. The van der Waals surface area contributed by atoms with E-state index in [0.717, 1.165) is 12.8 Å². The third-order valence-corrected chi connectivity index (χ3v) is 5.81. The van der Waals surface area contributed by atoms with Crippen molar-refractivity contribution in [3.05, 3.63) is 0 Å². The highest BCUT2D eigenvalue weighted by molar-refractivity contribution is 7.91. The van der Waals surface area contributed by atoms with E-state index >= 15 is 0 Å². The second kappa shape index (κ2) is 5.24. The summed E-state index contributed by atoms with van der Waals surface area (Å²) in [7, 11) is -2.81. The molecule has 0 saturated carbocycles. The predicted octanol–water partition coefficient (Wildman–Crippen LogP) is 1.33. The largest absolute Gasteiger partial charge is 0.251 e. The van der Waals surface area contributed by atoms with Gasteiger partial charge in [-0.25, -0.2) is 13.4 Å². The van der Waals surface area contributed by atoms with Gasteiger partial charge in [0.1, 0.15) is 0 Å². The first-order valence-electron chi connectivity index (χ1n) is 6.73. The van der Waals surface area contributed by atoms with Crippen LogP contribution < -0.4 is 5.43 Å². The highest BCUT2D eigenvalue weighted by atomic mass is 32.2. The third kappa shape index (κ3) is 3.42. The zero-order chi connectivity index (χ0) is 12.5. The summed E-state index contributed by atoms with van der Waals surface area (Å²) in [6.45, 7) is 4.44. The van der Waals surface area contributed by atoms with Gasteiger partial charge in [-0.1, -0.05) is 6.42 Å². The van der Waals surface area contributed by atoms with Crippen LogP contribution in [-0.2, 0) is 9.84 Å². The maximum absolute atomic E-state index is 11.6. The normalized spacial score (nSPS) is 39.1. The van der Waals surface area contributed by atoms with Crippen LogP contribution in [0, 0.1) is 0 Å². The van der Waals surface area contributed by atoms with E-state index in [2.05, 4.69) is 24.3 Å². The van der Waals surface area contributed by atoms with Crippen LogP contribution in [0.15, 0.2) is 0 Å². The third-order valence-electron chi connectivity index (χ3n) is 3.99. The molecule has 0 aromatic heterocycles. The number of nitrogens with one attached hydrogen (secondary N) is 1. The summed E-state index contributed by atoms with van der Waals surface area (Å²) in [4.78, 5) is 0. The Bertz CT molecular complexity index is 346. The van der Waals surface area contributed by atoms with E-state index in [1.807, 2.05) is 0 Å². The van der Waals surface area contributed by atoms with Gasteiger partial charge in [0.15, 0.2) is 9.84 Å². The van der Waals surface area contributed by atoms with Gasteiger partial charge in [0.2, 0.25) is 0 Å². The van der Waals surface area contributed by atoms with Crippen LogP contribution in [0.2, 0.25) is 0 Å². The van der Waals surface area contributed by atoms with E-state index in [4.69, 9.17) is 0 Å². The number of hydrogen-bond acceptors (Lipinski definition) is 4. The molecule has 2 aliphatic rings. The van der Waals surface area contributed by atoms with Crippen molar-refractivity contribution in [2.45, 2.75) is 64.1 Å². The Labute approximate surface area is 105 Å². The molecule has 2 saturated heterocycles. The lowest BCUT2D eigenvalue weighted by molar-refractivity contribution is 0.0308. The summed E-state index contributed by atoms with van der Waals surface area (Å²) >= 11 is 0. The first kappa shape index (κ1) is 13.3. The van der Waals surface area contributed by atoms with Gasteiger partial charge in [-0.2, -0.15) is 0 Å². The number of hydrogen-bond donors (Lipinski definition) is 1. The van der Waals surface area contributed by atoms with Crippen LogP contribution in [0.1, 0.15) is 46.0 Å². The van der Waals surface area contributed by atoms with E-state index in [1.165, 1.54) is 19.3 Å². The van der Waals surface area contributed by atoms with Crippen molar-refractivity contribution in [2.75, 3.05) is 11.5 Å². The lowest BCUT2D eigenvalue weighted by atomic mass is 9.99. The lowest BCUT2D eigenvalue weighted by Gasteiger charge is -2.42. The van der Waals surface area contributed by atoms with Gasteiger partial charge < -0.3 is 0 Å². The highest BCUT2D eigenvalue weighted by Gasteiger charge is 2.30. The Morgan fingerprint density at radius 3 is 2.29 bits per heavy atom. The minimum absolute atomic E-state index is 0.122. The Hall–Kier alpha value is -0.130. The molecule has 5 heteroatoms. The molecule has 0 bridgehead atoms. The summed E-state index contributed by atoms with van der Waals surface area (Å²) in [6.07, 6.45) is 5.48. The second-order valence-electron chi connectivity index (χ2n) is 5.62. The molecule has 0 amide bonds. The van der Waals surface area contributed by atoms with Gasteiger partial charge in [-0.3, -0.25) is 5.43 Å². The maximum Gasteiger partial charge on any atom is 0.151 e. The molecule has 2 rings (SSSR count). The Morgan fingerprint density at radius 1 is 1.06 bits per heavy atom. The fourth-order valence-electron chi connectivity index (χ4n) is 3.01. The van der Waals surface area contributed by atoms with Crippen LogP contribution in [0.25, 0.3) is 0 Å². The molecule has 0 aliphatic carbocycles. The number of piperidine rings is 1. The van der Waals surface area contributed by atoms with E-state index in [-0.39, 0.29) is 6.04 Å². The molecule has 2 fully saturated rings. The van der Waals surface area contributed by atoms with Gasteiger partial charge in [-0.05, 0) is 39.5 Å². The van der Waals surface area contributed by atoms with Crippen molar-refractivity contribution in [1.29, 1.82) is 0 Å². The molecule has 2 heterocycles. The SMILES string of the molecule is CC1CCCC(C)N1NC1CCCS(=O)(=O)C1. The molecule has 0 aromatic carbocycles. The topological polar surface area (TPSA) is 49.4 Å². The fourth-order valence-corrected chi connectivity index (χ4v) is 4.64. The summed E-state index contributed by atoms with van der Waals surface area (Å²) in [5.74, 6) is 0.680. The average molecular weight is 260 g/mol. The molecular formula is C12H24N2O2S. The zero-order valence-electron chi connectivity index (χ0n) is 10.9. The Morgan fingerprint density at radius 2 is 1.71 bits per heavy atom. The molecule has 0 aromatic rings. The summed E-state index contributed by atoms with van der Waals surface area (Å²) in [5.41, 5.74) is 3.47. The van der Waals surface area contributed by atoms with Crippen molar-refractivity contribution in [3.63, 3.8) is 0 Å². The first-order valence-corrected chi connectivity index (χ1v) is 8.55. The fraction of sp³-hybridized carbons (Fsp3) is 1.00. The van der Waals surface area contributed by atoms with Crippen molar-refractivity contribution in [1.82, 2.24) is 10.4 Å². The van der Waals surface area contributed by atoms with Crippen LogP contribution in [0.5, 0.6) is 0 Å². The van der Waals surface area contributed by atoms with E-state index in [9.17, 15) is 8.42 Å². The van der Waals surface area contributed by atoms with Crippen molar-refractivity contribution in [3.8, 4) is 0 Å². The molecule has 0 spiro atoms. The molecule has 17 heavy (non-hydrogen) atoms. The number of rotatable bonds is 2. The molecule has 3 unspecified atom stereocenters. The van der Waals surface area contributed by atoms with Crippen molar-refractivity contribution in [2.24, 2.45) is 0 Å². The molecular weight excluding hydrogens is 236 g/mol. The van der Waals surface area contributed by atoms with Gasteiger partial charge >= 0.3 is 0 Å². The second-order valence-corrected chi connectivity index (χ2v) is 7.85. The van der Waals surface area contributed by atoms with Crippen molar-refractivity contribution >= 4 is 9.84 Å². The quantitative estimate of drug-likeness (QED) is 0.814. The number of sulfone groups is 1. The van der Waals surface area contributed by atoms with Crippen LogP contribution in [0.4, 0.5) is 0 Å². The monoisotopic (exact) mass is 260 g/mol. The molecule has 0 radical (unpaired) electrons. The van der Waals surface area contributed by atoms with Crippen LogP contribution >= 0.6 is 0 Å².